The molecule has 1 aromatic rings. The predicted molar refractivity (Wildman–Crippen MR) is 65.3 cm³/mol. The summed E-state index contributed by atoms with van der Waals surface area (Å²) in [5, 5.41) is 5.79. The Labute approximate surface area is 96.1 Å². The molecule has 0 amide bonds. The Bertz CT molecular complexity index is 284. The Morgan fingerprint density at radius 1 is 1.53 bits per heavy atom. The van der Waals surface area contributed by atoms with Crippen molar-refractivity contribution in [3.8, 4) is 0 Å². The molecule has 0 bridgehead atoms. The van der Waals surface area contributed by atoms with Gasteiger partial charge in [0, 0.05) is 17.3 Å². The van der Waals surface area contributed by atoms with Gasteiger partial charge in [0.15, 0.2) is 0 Å². The van der Waals surface area contributed by atoms with Crippen molar-refractivity contribution >= 4 is 11.3 Å². The molecule has 1 saturated carbocycles. The van der Waals surface area contributed by atoms with Gasteiger partial charge in [-0.05, 0) is 31.7 Å². The van der Waals surface area contributed by atoms with Gasteiger partial charge in [0.05, 0.1) is 11.2 Å². The summed E-state index contributed by atoms with van der Waals surface area (Å²) in [5.74, 6) is 1.47. The number of nitrogens with one attached hydrogen (secondary N) is 1. The molecule has 3 unspecified atom stereocenters. The Kier molecular flexibility index (Phi) is 3.76. The molecule has 0 spiro atoms. The van der Waals surface area contributed by atoms with Crippen molar-refractivity contribution in [2.75, 3.05) is 6.54 Å². The number of rotatable bonds is 3. The average Bonchev–Trinajstić information content (AvgIpc) is 2.74. The molecule has 1 aliphatic rings. The van der Waals surface area contributed by atoms with E-state index < -0.39 is 0 Å². The smallest absolute Gasteiger partial charge is 0.0794 e. The second kappa shape index (κ2) is 5.08. The lowest BCUT2D eigenvalue weighted by Crippen LogP contribution is -2.36. The molecule has 3 atom stereocenters. The predicted octanol–water partition coefficient (Wildman–Crippen LogP) is 3.02. The second-order valence-corrected chi connectivity index (χ2v) is 5.28. The van der Waals surface area contributed by atoms with Gasteiger partial charge in [-0.2, -0.15) is 0 Å². The molecule has 0 aromatic carbocycles. The molecule has 15 heavy (non-hydrogen) atoms. The van der Waals surface area contributed by atoms with Gasteiger partial charge in [0.1, 0.15) is 0 Å². The van der Waals surface area contributed by atoms with Gasteiger partial charge in [-0.15, -0.1) is 11.3 Å². The van der Waals surface area contributed by atoms with Crippen molar-refractivity contribution in [1.82, 2.24) is 10.3 Å². The first-order valence-corrected chi connectivity index (χ1v) is 6.87. The first-order chi connectivity index (χ1) is 7.31. The minimum atomic E-state index is 0.675. The molecule has 2 rings (SSSR count). The minimum Gasteiger partial charge on any atom is -0.314 e. The maximum atomic E-state index is 4.48. The largest absolute Gasteiger partial charge is 0.314 e. The highest BCUT2D eigenvalue weighted by molar-refractivity contribution is 7.07. The quantitative estimate of drug-likeness (QED) is 0.853. The van der Waals surface area contributed by atoms with Crippen LogP contribution < -0.4 is 5.32 Å². The van der Waals surface area contributed by atoms with E-state index in [1.807, 2.05) is 5.51 Å². The summed E-state index contributed by atoms with van der Waals surface area (Å²) in [4.78, 5) is 4.48. The van der Waals surface area contributed by atoms with E-state index in [2.05, 4.69) is 29.5 Å². The van der Waals surface area contributed by atoms with Crippen LogP contribution in [0.5, 0.6) is 0 Å². The topological polar surface area (TPSA) is 24.9 Å². The maximum absolute atomic E-state index is 4.48. The molecular weight excluding hydrogens is 204 g/mol. The first kappa shape index (κ1) is 11.1. The van der Waals surface area contributed by atoms with Crippen LogP contribution >= 0.6 is 11.3 Å². The lowest BCUT2D eigenvalue weighted by molar-refractivity contribution is 0.268. The van der Waals surface area contributed by atoms with Gasteiger partial charge in [-0.25, -0.2) is 4.98 Å². The van der Waals surface area contributed by atoms with Crippen molar-refractivity contribution < 1.29 is 0 Å². The summed E-state index contributed by atoms with van der Waals surface area (Å²) in [5.41, 5.74) is 3.27. The van der Waals surface area contributed by atoms with Crippen LogP contribution in [0.1, 0.15) is 44.7 Å². The van der Waals surface area contributed by atoms with E-state index >= 15 is 0 Å². The second-order valence-electron chi connectivity index (χ2n) is 4.56. The fourth-order valence-electron chi connectivity index (χ4n) is 2.61. The van der Waals surface area contributed by atoms with Gasteiger partial charge in [0.2, 0.25) is 0 Å². The third kappa shape index (κ3) is 2.58. The Morgan fingerprint density at radius 2 is 2.40 bits per heavy atom. The van der Waals surface area contributed by atoms with Crippen LogP contribution in [0.25, 0.3) is 0 Å². The zero-order chi connectivity index (χ0) is 10.7. The molecule has 1 aromatic heterocycles. The van der Waals surface area contributed by atoms with E-state index in [-0.39, 0.29) is 0 Å². The van der Waals surface area contributed by atoms with E-state index in [1.54, 1.807) is 11.3 Å². The van der Waals surface area contributed by atoms with Crippen LogP contribution in [0, 0.1) is 5.92 Å². The molecule has 2 nitrogen and oxygen atoms in total. The van der Waals surface area contributed by atoms with Crippen LogP contribution in [0.2, 0.25) is 0 Å². The summed E-state index contributed by atoms with van der Waals surface area (Å²) in [6.07, 6.45) is 3.92. The molecule has 84 valence electrons. The zero-order valence-electron chi connectivity index (χ0n) is 9.57. The van der Waals surface area contributed by atoms with Gasteiger partial charge in [0.25, 0.3) is 0 Å². The molecule has 1 fully saturated rings. The normalized spacial score (nSPS) is 31.7. The van der Waals surface area contributed by atoms with Crippen molar-refractivity contribution in [2.24, 2.45) is 5.92 Å². The number of nitrogens with zero attached hydrogens (tertiary/aromatic N) is 1. The summed E-state index contributed by atoms with van der Waals surface area (Å²) in [7, 11) is 0. The molecule has 1 N–H and O–H groups in total. The van der Waals surface area contributed by atoms with Crippen LogP contribution in [0.15, 0.2) is 10.9 Å². The summed E-state index contributed by atoms with van der Waals surface area (Å²) in [6, 6.07) is 0.706. The average molecular weight is 224 g/mol. The molecular formula is C12H20N2S. The Balaban J connectivity index is 2.02. The van der Waals surface area contributed by atoms with Crippen LogP contribution in [0.3, 0.4) is 0 Å². The van der Waals surface area contributed by atoms with Crippen LogP contribution in [-0.4, -0.2) is 17.6 Å². The molecule has 0 saturated heterocycles. The van der Waals surface area contributed by atoms with E-state index in [0.717, 1.165) is 12.5 Å². The maximum Gasteiger partial charge on any atom is 0.0794 e. The molecule has 1 aliphatic carbocycles. The van der Waals surface area contributed by atoms with E-state index in [4.69, 9.17) is 0 Å². The summed E-state index contributed by atoms with van der Waals surface area (Å²) >= 11 is 1.72. The number of aromatic nitrogens is 1. The number of hydrogen-bond acceptors (Lipinski definition) is 3. The van der Waals surface area contributed by atoms with Crippen LogP contribution in [0.4, 0.5) is 0 Å². The van der Waals surface area contributed by atoms with E-state index in [9.17, 15) is 0 Å². The number of thiazole rings is 1. The van der Waals surface area contributed by atoms with Crippen molar-refractivity contribution in [2.45, 2.75) is 45.1 Å². The fourth-order valence-corrected chi connectivity index (χ4v) is 3.23. The van der Waals surface area contributed by atoms with Crippen molar-refractivity contribution in [1.29, 1.82) is 0 Å². The monoisotopic (exact) mass is 224 g/mol. The van der Waals surface area contributed by atoms with Gasteiger partial charge >= 0.3 is 0 Å². The molecule has 3 heteroatoms. The summed E-state index contributed by atoms with van der Waals surface area (Å²) in [6.45, 7) is 5.64. The van der Waals surface area contributed by atoms with E-state index in [1.165, 1.54) is 25.0 Å². The molecule has 1 heterocycles. The van der Waals surface area contributed by atoms with Gasteiger partial charge < -0.3 is 5.32 Å². The van der Waals surface area contributed by atoms with Gasteiger partial charge in [-0.1, -0.05) is 13.8 Å². The molecule has 0 radical (unpaired) electrons. The van der Waals surface area contributed by atoms with Crippen molar-refractivity contribution in [3.63, 3.8) is 0 Å². The SMILES string of the molecule is CCNC1CCC(C)C(c2cscn2)C1. The van der Waals surface area contributed by atoms with Crippen molar-refractivity contribution in [3.05, 3.63) is 16.6 Å². The highest BCUT2D eigenvalue weighted by Gasteiger charge is 2.29. The molecule has 0 aliphatic heterocycles. The lowest BCUT2D eigenvalue weighted by Gasteiger charge is -2.33. The third-order valence-electron chi connectivity index (χ3n) is 3.52. The van der Waals surface area contributed by atoms with Crippen LogP contribution in [-0.2, 0) is 0 Å². The lowest BCUT2D eigenvalue weighted by atomic mass is 9.76. The standard InChI is InChI=1S/C12H20N2S/c1-3-13-10-5-4-9(2)11(6-10)12-7-15-8-14-12/h7-11,13H,3-6H2,1-2H3. The zero-order valence-corrected chi connectivity index (χ0v) is 10.4. The Morgan fingerprint density at radius 3 is 3.07 bits per heavy atom. The summed E-state index contributed by atoms with van der Waals surface area (Å²) < 4.78 is 0. The fraction of sp³-hybridized carbons (Fsp3) is 0.750. The highest BCUT2D eigenvalue weighted by atomic mass is 32.1. The minimum absolute atomic E-state index is 0.675. The highest BCUT2D eigenvalue weighted by Crippen LogP contribution is 2.37. The van der Waals surface area contributed by atoms with E-state index in [0.29, 0.717) is 12.0 Å². The van der Waals surface area contributed by atoms with Gasteiger partial charge in [-0.3, -0.25) is 0 Å². The Hall–Kier alpha value is -0.410. The first-order valence-electron chi connectivity index (χ1n) is 5.92. The third-order valence-corrected chi connectivity index (χ3v) is 4.12. The number of hydrogen-bond donors (Lipinski definition) is 1.